The second kappa shape index (κ2) is 8.70. The van der Waals surface area contributed by atoms with Crippen molar-refractivity contribution in [3.8, 4) is 5.75 Å². The van der Waals surface area contributed by atoms with Crippen molar-refractivity contribution in [2.45, 2.75) is 6.92 Å². The molecule has 0 bridgehead atoms. The van der Waals surface area contributed by atoms with Crippen LogP contribution in [0.5, 0.6) is 5.75 Å². The van der Waals surface area contributed by atoms with Gasteiger partial charge in [0.25, 0.3) is 0 Å². The average molecular weight is 400 g/mol. The van der Waals surface area contributed by atoms with Crippen LogP contribution < -0.4 is 26.5 Å². The van der Waals surface area contributed by atoms with Crippen LogP contribution in [0.2, 0.25) is 0 Å². The second-order valence-corrected chi connectivity index (χ2v) is 10.1. The van der Waals surface area contributed by atoms with E-state index in [1.807, 2.05) is 18.2 Å². The van der Waals surface area contributed by atoms with Gasteiger partial charge in [0, 0.05) is 5.30 Å². The maximum absolute atomic E-state index is 10.3. The molecule has 1 atom stereocenters. The molecule has 0 aromatic heterocycles. The van der Waals surface area contributed by atoms with Crippen molar-refractivity contribution < 1.29 is 5.11 Å². The Morgan fingerprint density at radius 1 is 0.643 bits per heavy atom. The molecule has 0 radical (unpaired) electrons. The van der Waals surface area contributed by atoms with Crippen molar-refractivity contribution in [1.82, 2.24) is 0 Å². The van der Waals surface area contributed by atoms with Crippen LogP contribution in [0.15, 0.2) is 103 Å². The summed E-state index contributed by atoms with van der Waals surface area (Å²) in [5, 5.41) is 16.7. The normalized spacial score (nSPS) is 11.4. The Bertz CT molecular complexity index is 1020. The van der Waals surface area contributed by atoms with Crippen LogP contribution in [0.3, 0.4) is 0 Å². The van der Waals surface area contributed by atoms with Gasteiger partial charge in [0.1, 0.15) is 5.75 Å². The Balaban J connectivity index is 1.88. The summed E-state index contributed by atoms with van der Waals surface area (Å²) in [6.07, 6.45) is 0. The monoisotopic (exact) mass is 400 g/mol. The highest BCUT2D eigenvalue weighted by molar-refractivity contribution is 7.81. The highest BCUT2D eigenvalue weighted by Crippen LogP contribution is 2.34. The van der Waals surface area contributed by atoms with Crippen molar-refractivity contribution in [3.05, 3.63) is 109 Å². The zero-order valence-corrected chi connectivity index (χ0v) is 17.6. The van der Waals surface area contributed by atoms with Crippen LogP contribution in [0.4, 0.5) is 0 Å². The van der Waals surface area contributed by atoms with Crippen LogP contribution >= 0.6 is 16.5 Å². The van der Waals surface area contributed by atoms with Gasteiger partial charge in [0.05, 0.1) is 0 Å². The molecule has 28 heavy (non-hydrogen) atoms. The number of phenols is 1. The Hall–Kier alpha value is -2.46. The molecule has 0 aliphatic heterocycles. The van der Waals surface area contributed by atoms with E-state index < -0.39 is 7.92 Å². The third-order valence-corrected chi connectivity index (χ3v) is 8.98. The van der Waals surface area contributed by atoms with E-state index in [-0.39, 0.29) is 0 Å². The van der Waals surface area contributed by atoms with Gasteiger partial charge in [-0.15, -0.1) is 0 Å². The maximum Gasteiger partial charge on any atom is 0.123 e. The van der Waals surface area contributed by atoms with Crippen LogP contribution in [-0.4, -0.2) is 5.11 Å². The fraction of sp³-hybridized carbons (Fsp3) is 0.0400. The van der Waals surface area contributed by atoms with E-state index in [0.29, 0.717) is 14.3 Å². The number of hydrogen-bond acceptors (Lipinski definition) is 1. The molecular formula is C25H22OP2. The van der Waals surface area contributed by atoms with Gasteiger partial charge in [0.15, 0.2) is 0 Å². The molecule has 0 heterocycles. The number of aryl methyl sites for hydroxylation is 1. The van der Waals surface area contributed by atoms with Gasteiger partial charge in [-0.2, -0.15) is 0 Å². The third kappa shape index (κ3) is 4.02. The summed E-state index contributed by atoms with van der Waals surface area (Å²) in [5.74, 6) is 0.374. The first-order chi connectivity index (χ1) is 13.7. The van der Waals surface area contributed by atoms with E-state index in [1.54, 1.807) is 6.07 Å². The van der Waals surface area contributed by atoms with Crippen molar-refractivity contribution >= 4 is 43.0 Å². The first-order valence-corrected chi connectivity index (χ1v) is 11.6. The van der Waals surface area contributed by atoms with Gasteiger partial charge < -0.3 is 5.11 Å². The molecule has 3 heteroatoms. The Kier molecular flexibility index (Phi) is 5.87. The summed E-state index contributed by atoms with van der Waals surface area (Å²) in [6.45, 7) is 2.18. The zero-order chi connectivity index (χ0) is 19.3. The van der Waals surface area contributed by atoms with Gasteiger partial charge in [-0.25, -0.2) is 0 Å². The van der Waals surface area contributed by atoms with Crippen molar-refractivity contribution in [3.63, 3.8) is 0 Å². The molecule has 0 saturated carbocycles. The van der Waals surface area contributed by atoms with E-state index in [9.17, 15) is 5.11 Å². The lowest BCUT2D eigenvalue weighted by Crippen LogP contribution is -2.31. The zero-order valence-electron chi connectivity index (χ0n) is 15.7. The van der Waals surface area contributed by atoms with E-state index in [0.717, 1.165) is 5.30 Å². The minimum atomic E-state index is -0.664. The molecule has 138 valence electrons. The molecule has 0 aliphatic rings. The molecule has 1 N–H and O–H groups in total. The van der Waals surface area contributed by atoms with E-state index in [1.165, 1.54) is 26.8 Å². The smallest absolute Gasteiger partial charge is 0.123 e. The van der Waals surface area contributed by atoms with Gasteiger partial charge in [-0.05, 0) is 47.7 Å². The average Bonchev–Trinajstić information content (AvgIpc) is 2.74. The number of phenolic OH excluding ortho intramolecular Hbond substituents is 1. The molecule has 4 aromatic carbocycles. The van der Waals surface area contributed by atoms with Gasteiger partial charge >= 0.3 is 0 Å². The van der Waals surface area contributed by atoms with Gasteiger partial charge in [-0.1, -0.05) is 106 Å². The number of benzene rings is 4. The predicted octanol–water partition coefficient (Wildman–Crippen LogP) is 4.09. The summed E-state index contributed by atoms with van der Waals surface area (Å²) in [7, 11) is -0.241. The molecule has 4 aromatic rings. The Labute approximate surface area is 169 Å². The van der Waals surface area contributed by atoms with E-state index >= 15 is 0 Å². The molecule has 4 rings (SSSR count). The highest BCUT2D eigenvalue weighted by Gasteiger charge is 2.21. The minimum absolute atomic E-state index is 0.374. The highest BCUT2D eigenvalue weighted by atomic mass is 31.1. The molecule has 1 unspecified atom stereocenters. The van der Waals surface area contributed by atoms with E-state index in [4.69, 9.17) is 0 Å². The Morgan fingerprint density at radius 3 is 1.82 bits per heavy atom. The summed E-state index contributed by atoms with van der Waals surface area (Å²) < 4.78 is 0. The topological polar surface area (TPSA) is 20.2 Å². The fourth-order valence-corrected chi connectivity index (χ4v) is 7.38. The SMILES string of the molecule is Cc1cccc(P(c2ccccc2)c2ccccc2)c1Pc1ccccc1O. The first-order valence-electron chi connectivity index (χ1n) is 9.29. The van der Waals surface area contributed by atoms with Crippen LogP contribution in [0, 0.1) is 6.92 Å². The molecule has 0 saturated heterocycles. The molecule has 0 amide bonds. The summed E-state index contributed by atoms with van der Waals surface area (Å²) in [4.78, 5) is 0. The minimum Gasteiger partial charge on any atom is -0.507 e. The van der Waals surface area contributed by atoms with Crippen molar-refractivity contribution in [2.75, 3.05) is 0 Å². The van der Waals surface area contributed by atoms with Crippen LogP contribution in [0.25, 0.3) is 0 Å². The van der Waals surface area contributed by atoms with E-state index in [2.05, 4.69) is 85.8 Å². The summed E-state index contributed by atoms with van der Waals surface area (Å²) in [5.41, 5.74) is 1.28. The van der Waals surface area contributed by atoms with Gasteiger partial charge in [0.2, 0.25) is 0 Å². The van der Waals surface area contributed by atoms with Crippen LogP contribution in [0.1, 0.15) is 5.56 Å². The summed E-state index contributed by atoms with van der Waals surface area (Å²) in [6, 6.07) is 35.8. The lowest BCUT2D eigenvalue weighted by Gasteiger charge is -2.23. The standard InChI is InChI=1S/C25H22OP2/c1-19-11-10-18-24(25(19)27-23-17-9-8-16-22(23)26)28(20-12-4-2-5-13-20)21-14-6-3-7-15-21/h2-18,26-27H,1H3. The second-order valence-electron chi connectivity index (χ2n) is 6.62. The van der Waals surface area contributed by atoms with Crippen LogP contribution in [-0.2, 0) is 0 Å². The number of rotatable bonds is 5. The number of hydrogen-bond donors (Lipinski definition) is 1. The molecule has 0 fully saturated rings. The summed E-state index contributed by atoms with van der Waals surface area (Å²) >= 11 is 0. The fourth-order valence-electron chi connectivity index (χ4n) is 3.30. The van der Waals surface area contributed by atoms with Gasteiger partial charge in [-0.3, -0.25) is 0 Å². The van der Waals surface area contributed by atoms with Crippen molar-refractivity contribution in [1.29, 1.82) is 0 Å². The Morgan fingerprint density at radius 2 is 1.21 bits per heavy atom. The molecule has 1 nitrogen and oxygen atoms in total. The first kappa shape index (κ1) is 18.9. The molecule has 0 aliphatic carbocycles. The molecule has 0 spiro atoms. The molecular weight excluding hydrogens is 378 g/mol. The number of para-hydroxylation sites is 1. The predicted molar refractivity (Wildman–Crippen MR) is 126 cm³/mol. The number of aromatic hydroxyl groups is 1. The quantitative estimate of drug-likeness (QED) is 0.501. The third-order valence-electron chi connectivity index (χ3n) is 4.68. The maximum atomic E-state index is 10.3. The lowest BCUT2D eigenvalue weighted by molar-refractivity contribution is 0.480. The van der Waals surface area contributed by atoms with Crippen molar-refractivity contribution in [2.24, 2.45) is 0 Å². The lowest BCUT2D eigenvalue weighted by atomic mass is 10.2. The largest absolute Gasteiger partial charge is 0.507 e.